The van der Waals surface area contributed by atoms with Crippen molar-refractivity contribution in [2.75, 3.05) is 11.9 Å². The molecule has 0 unspecified atom stereocenters. The molecule has 150 valence electrons. The number of unbranched alkanes of at least 4 members (excludes halogenated alkanes) is 1. The summed E-state index contributed by atoms with van der Waals surface area (Å²) in [5.74, 6) is -0.517. The quantitative estimate of drug-likeness (QED) is 0.311. The topological polar surface area (TPSA) is 112 Å². The van der Waals surface area contributed by atoms with Crippen molar-refractivity contribution in [1.82, 2.24) is 15.4 Å². The van der Waals surface area contributed by atoms with Crippen molar-refractivity contribution < 1.29 is 19.6 Å². The standard InChI is InChI=1S/C19H30N4O4/c1-5-6-7-15(11-23(27)12-24)18(25)17(13(2)3)22-19(26)21-16-9-8-14(4)10-20-16/h8-10,12-13,15,17,27H,5-7,11H2,1-4H3,(H2,20,21,22,26)/t15-,17-/m0/s1. The summed E-state index contributed by atoms with van der Waals surface area (Å²) in [6.45, 7) is 7.47. The van der Waals surface area contributed by atoms with Gasteiger partial charge in [0.2, 0.25) is 6.41 Å². The average Bonchev–Trinajstić information content (AvgIpc) is 2.64. The second-order valence-corrected chi connectivity index (χ2v) is 7.01. The van der Waals surface area contributed by atoms with Gasteiger partial charge in [-0.15, -0.1) is 0 Å². The van der Waals surface area contributed by atoms with Crippen molar-refractivity contribution in [1.29, 1.82) is 0 Å². The molecule has 3 N–H and O–H groups in total. The van der Waals surface area contributed by atoms with Crippen LogP contribution in [-0.2, 0) is 9.59 Å². The molecule has 1 heterocycles. The van der Waals surface area contributed by atoms with Crippen LogP contribution in [0.3, 0.4) is 0 Å². The van der Waals surface area contributed by atoms with Gasteiger partial charge in [-0.1, -0.05) is 39.7 Å². The zero-order valence-corrected chi connectivity index (χ0v) is 16.4. The number of urea groups is 1. The molecule has 2 atom stereocenters. The predicted molar refractivity (Wildman–Crippen MR) is 102 cm³/mol. The number of carbonyl (C=O) groups is 3. The fourth-order valence-electron chi connectivity index (χ4n) is 2.70. The van der Waals surface area contributed by atoms with E-state index in [2.05, 4.69) is 15.6 Å². The fraction of sp³-hybridized carbons (Fsp3) is 0.579. The van der Waals surface area contributed by atoms with Crippen LogP contribution in [0.2, 0.25) is 0 Å². The van der Waals surface area contributed by atoms with E-state index in [9.17, 15) is 19.6 Å². The number of rotatable bonds is 11. The minimum Gasteiger partial charge on any atom is -0.328 e. The highest BCUT2D eigenvalue weighted by molar-refractivity contribution is 5.94. The van der Waals surface area contributed by atoms with Crippen molar-refractivity contribution in [3.05, 3.63) is 23.9 Å². The zero-order chi connectivity index (χ0) is 20.4. The van der Waals surface area contributed by atoms with Gasteiger partial charge in [0, 0.05) is 12.1 Å². The molecule has 1 aromatic heterocycles. The highest BCUT2D eigenvalue weighted by Crippen LogP contribution is 2.17. The van der Waals surface area contributed by atoms with E-state index in [4.69, 9.17) is 0 Å². The number of aromatic nitrogens is 1. The minimum absolute atomic E-state index is 0.0889. The van der Waals surface area contributed by atoms with E-state index in [1.54, 1.807) is 12.3 Å². The van der Waals surface area contributed by atoms with Gasteiger partial charge in [0.25, 0.3) is 0 Å². The van der Waals surface area contributed by atoms with Crippen molar-refractivity contribution in [3.8, 4) is 0 Å². The Balaban J connectivity index is 2.82. The molecule has 8 heteroatoms. The maximum atomic E-state index is 13.0. The first kappa shape index (κ1) is 22.6. The third kappa shape index (κ3) is 7.74. The highest BCUT2D eigenvalue weighted by atomic mass is 16.5. The van der Waals surface area contributed by atoms with Crippen LogP contribution in [0.4, 0.5) is 10.6 Å². The molecule has 0 aliphatic rings. The molecule has 8 nitrogen and oxygen atoms in total. The van der Waals surface area contributed by atoms with E-state index in [0.29, 0.717) is 17.3 Å². The number of Topliss-reactive ketones (excluding diaryl/α,β-unsaturated/α-hetero) is 1. The van der Waals surface area contributed by atoms with Gasteiger partial charge >= 0.3 is 6.03 Å². The number of hydroxylamine groups is 2. The van der Waals surface area contributed by atoms with E-state index in [-0.39, 0.29) is 24.7 Å². The third-order valence-electron chi connectivity index (χ3n) is 4.25. The summed E-state index contributed by atoms with van der Waals surface area (Å²) in [7, 11) is 0. The molecule has 0 aromatic carbocycles. The number of nitrogens with one attached hydrogen (secondary N) is 2. The molecule has 3 amide bonds. The lowest BCUT2D eigenvalue weighted by molar-refractivity contribution is -0.154. The van der Waals surface area contributed by atoms with Crippen LogP contribution >= 0.6 is 0 Å². The van der Waals surface area contributed by atoms with Gasteiger partial charge in [0.05, 0.1) is 12.6 Å². The Morgan fingerprint density at radius 3 is 2.56 bits per heavy atom. The number of hydrogen-bond acceptors (Lipinski definition) is 5. The number of carbonyl (C=O) groups excluding carboxylic acids is 3. The molecule has 0 aliphatic carbocycles. The van der Waals surface area contributed by atoms with Crippen LogP contribution in [-0.4, -0.2) is 46.1 Å². The Labute approximate surface area is 160 Å². The number of amides is 3. The van der Waals surface area contributed by atoms with Crippen LogP contribution in [0, 0.1) is 18.8 Å². The van der Waals surface area contributed by atoms with Gasteiger partial charge in [-0.05, 0) is 30.9 Å². The minimum atomic E-state index is -0.739. The van der Waals surface area contributed by atoms with Crippen LogP contribution < -0.4 is 10.6 Å². The molecule has 27 heavy (non-hydrogen) atoms. The molecule has 0 saturated carbocycles. The summed E-state index contributed by atoms with van der Waals surface area (Å²) in [5.41, 5.74) is 0.971. The summed E-state index contributed by atoms with van der Waals surface area (Å²) in [6.07, 6.45) is 4.12. The number of nitrogens with zero attached hydrogens (tertiary/aromatic N) is 2. The van der Waals surface area contributed by atoms with Gasteiger partial charge in [0.1, 0.15) is 5.82 Å². The Morgan fingerprint density at radius 1 is 1.33 bits per heavy atom. The molecular weight excluding hydrogens is 348 g/mol. The lowest BCUT2D eigenvalue weighted by atomic mass is 9.87. The normalized spacial score (nSPS) is 13.0. The first-order valence-electron chi connectivity index (χ1n) is 9.23. The number of anilines is 1. The Bertz CT molecular complexity index is 619. The maximum Gasteiger partial charge on any atom is 0.320 e. The van der Waals surface area contributed by atoms with Crippen LogP contribution in [0.1, 0.15) is 45.6 Å². The van der Waals surface area contributed by atoms with Crippen molar-refractivity contribution >= 4 is 24.0 Å². The number of ketones is 1. The lowest BCUT2D eigenvalue weighted by Gasteiger charge is -2.27. The third-order valence-corrected chi connectivity index (χ3v) is 4.25. The number of pyridine rings is 1. The predicted octanol–water partition coefficient (Wildman–Crippen LogP) is 2.76. The van der Waals surface area contributed by atoms with Crippen molar-refractivity contribution in [2.24, 2.45) is 11.8 Å². The Morgan fingerprint density at radius 2 is 2.04 bits per heavy atom. The SMILES string of the molecule is CCCC[C@@H](CN(O)C=O)C(=O)[C@@H](NC(=O)Nc1ccc(C)cn1)C(C)C. The van der Waals surface area contributed by atoms with Crippen molar-refractivity contribution in [3.63, 3.8) is 0 Å². The van der Waals surface area contributed by atoms with Gasteiger partial charge < -0.3 is 5.32 Å². The molecule has 0 radical (unpaired) electrons. The van der Waals surface area contributed by atoms with Gasteiger partial charge in [-0.2, -0.15) is 0 Å². The first-order valence-corrected chi connectivity index (χ1v) is 9.23. The first-order chi connectivity index (χ1) is 12.8. The fourth-order valence-corrected chi connectivity index (χ4v) is 2.70. The van der Waals surface area contributed by atoms with Gasteiger partial charge in [-0.25, -0.2) is 14.8 Å². The Hall–Kier alpha value is -2.48. The molecule has 0 aliphatic heterocycles. The monoisotopic (exact) mass is 378 g/mol. The molecule has 1 aromatic rings. The molecule has 0 saturated heterocycles. The van der Waals surface area contributed by atoms with Crippen LogP contribution in [0.5, 0.6) is 0 Å². The van der Waals surface area contributed by atoms with E-state index in [1.165, 1.54) is 0 Å². The summed E-state index contributed by atoms with van der Waals surface area (Å²) in [5, 5.41) is 15.3. The zero-order valence-electron chi connectivity index (χ0n) is 16.4. The second-order valence-electron chi connectivity index (χ2n) is 7.01. The van der Waals surface area contributed by atoms with E-state index in [0.717, 1.165) is 18.4 Å². The van der Waals surface area contributed by atoms with Gasteiger partial charge in [0.15, 0.2) is 5.78 Å². The lowest BCUT2D eigenvalue weighted by Crippen LogP contribution is -2.50. The molecule has 1 rings (SSSR count). The second kappa shape index (κ2) is 11.3. The molecule has 0 spiro atoms. The summed E-state index contributed by atoms with van der Waals surface area (Å²) >= 11 is 0. The van der Waals surface area contributed by atoms with E-state index < -0.39 is 18.0 Å². The largest absolute Gasteiger partial charge is 0.328 e. The van der Waals surface area contributed by atoms with Gasteiger partial charge in [-0.3, -0.25) is 20.1 Å². The summed E-state index contributed by atoms with van der Waals surface area (Å²) in [4.78, 5) is 40.1. The van der Waals surface area contributed by atoms with Crippen molar-refractivity contribution in [2.45, 2.75) is 53.0 Å². The van der Waals surface area contributed by atoms with E-state index >= 15 is 0 Å². The Kier molecular flexibility index (Phi) is 9.42. The summed E-state index contributed by atoms with van der Waals surface area (Å²) in [6, 6.07) is 2.24. The smallest absolute Gasteiger partial charge is 0.320 e. The van der Waals surface area contributed by atoms with Crippen LogP contribution in [0.15, 0.2) is 18.3 Å². The molecule has 0 bridgehead atoms. The average molecular weight is 378 g/mol. The van der Waals surface area contributed by atoms with E-state index in [1.807, 2.05) is 33.8 Å². The number of hydrogen-bond donors (Lipinski definition) is 3. The molecular formula is C19H30N4O4. The molecule has 0 fully saturated rings. The highest BCUT2D eigenvalue weighted by Gasteiger charge is 2.31. The number of aryl methyl sites for hydroxylation is 1. The van der Waals surface area contributed by atoms with Crippen LogP contribution in [0.25, 0.3) is 0 Å². The summed E-state index contributed by atoms with van der Waals surface area (Å²) < 4.78 is 0. The maximum absolute atomic E-state index is 13.0.